The molecule has 0 bridgehead atoms. The van der Waals surface area contributed by atoms with E-state index in [4.69, 9.17) is 15.3 Å². The molecule has 2 aromatic carbocycles. The molecular weight excluding hydrogens is 433 g/mol. The molecule has 3 heterocycles. The Morgan fingerprint density at radius 3 is 2.76 bits per heavy atom. The molecule has 2 aliphatic heterocycles. The largest absolute Gasteiger partial charge is 0.495 e. The van der Waals surface area contributed by atoms with Gasteiger partial charge >= 0.3 is 0 Å². The second-order valence-corrected chi connectivity index (χ2v) is 8.71. The molecule has 0 saturated carbocycles. The highest BCUT2D eigenvalue weighted by molar-refractivity contribution is 6.03. The van der Waals surface area contributed by atoms with Crippen LogP contribution < -0.4 is 10.5 Å². The van der Waals surface area contributed by atoms with Crippen LogP contribution in [0.1, 0.15) is 29.7 Å². The predicted molar refractivity (Wildman–Crippen MR) is 129 cm³/mol. The van der Waals surface area contributed by atoms with E-state index in [1.54, 1.807) is 25.6 Å². The van der Waals surface area contributed by atoms with Gasteiger partial charge in [-0.05, 0) is 66.8 Å². The molecule has 0 radical (unpaired) electrons. The van der Waals surface area contributed by atoms with Crippen molar-refractivity contribution < 1.29 is 14.0 Å². The quantitative estimate of drug-likeness (QED) is 0.621. The highest BCUT2D eigenvalue weighted by Gasteiger charge is 2.45. The third-order valence-electron chi connectivity index (χ3n) is 6.60. The summed E-state index contributed by atoms with van der Waals surface area (Å²) in [4.78, 5) is 12.3. The summed E-state index contributed by atoms with van der Waals surface area (Å²) in [5.74, 6) is 1.26. The fraction of sp³-hybridized carbons (Fsp3) is 0.308. The third-order valence-corrected chi connectivity index (χ3v) is 6.60. The normalized spacial score (nSPS) is 21.1. The van der Waals surface area contributed by atoms with Crippen molar-refractivity contribution in [2.45, 2.75) is 25.3 Å². The molecule has 7 nitrogen and oxygen atoms in total. The molecule has 1 atom stereocenters. The molecule has 2 N–H and O–H groups in total. The topological polar surface area (TPSA) is 77.9 Å². The number of oxime groups is 1. The summed E-state index contributed by atoms with van der Waals surface area (Å²) in [7, 11) is 1.67. The van der Waals surface area contributed by atoms with E-state index in [-0.39, 0.29) is 5.82 Å². The van der Waals surface area contributed by atoms with Crippen molar-refractivity contribution in [2.24, 2.45) is 10.9 Å². The van der Waals surface area contributed by atoms with Crippen LogP contribution >= 0.6 is 0 Å². The number of hydrogen-bond acceptors (Lipinski definition) is 6. The van der Waals surface area contributed by atoms with Gasteiger partial charge in [-0.25, -0.2) is 9.37 Å². The summed E-state index contributed by atoms with van der Waals surface area (Å²) in [5, 5.41) is 4.43. The molecule has 176 valence electrons. The molecule has 0 amide bonds. The minimum atomic E-state index is -0.592. The number of fused-ring (bicyclic) bond motifs is 1. The van der Waals surface area contributed by atoms with Crippen molar-refractivity contribution >= 4 is 11.9 Å². The van der Waals surface area contributed by atoms with Crippen LogP contribution in [0, 0.1) is 12.7 Å². The number of nitrogens with two attached hydrogens (primary N) is 1. The first-order valence-electron chi connectivity index (χ1n) is 11.4. The lowest BCUT2D eigenvalue weighted by molar-refractivity contribution is -0.00311. The number of halogens is 1. The maximum Gasteiger partial charge on any atom is 0.172 e. The molecule has 34 heavy (non-hydrogen) atoms. The molecular formula is C26H28FN5O2. The lowest BCUT2D eigenvalue weighted by Crippen LogP contribution is -2.60. The van der Waals surface area contributed by atoms with E-state index >= 15 is 0 Å². The van der Waals surface area contributed by atoms with Gasteiger partial charge in [0.1, 0.15) is 23.7 Å². The van der Waals surface area contributed by atoms with Crippen LogP contribution in [0.3, 0.4) is 0 Å². The average Bonchev–Trinajstić information content (AvgIpc) is 3.30. The van der Waals surface area contributed by atoms with Crippen LogP contribution in [-0.4, -0.2) is 47.1 Å². The Morgan fingerprint density at radius 1 is 1.24 bits per heavy atom. The van der Waals surface area contributed by atoms with Crippen molar-refractivity contribution in [1.29, 1.82) is 0 Å². The van der Waals surface area contributed by atoms with Crippen LogP contribution in [0.4, 0.5) is 4.39 Å². The standard InChI is InChI=1S/C26H28FN5O2/c1-18-14-31(17-29-18)23-10-5-19(13-24(23)33-2)12-20-4-3-11-32-25(20)30-34-16-26(32,15-28)21-6-8-22(27)9-7-21/h5-10,12-14,17H,3-4,11,15-16,28H2,1-2H3/b20-12+. The SMILES string of the molecule is COc1cc(/C=C2\CCCN3C2=NOCC3(CN)c2ccc(F)cc2)ccc1-n1cnc(C)c1. The average molecular weight is 462 g/mol. The van der Waals surface area contributed by atoms with Gasteiger partial charge in [0.25, 0.3) is 0 Å². The van der Waals surface area contributed by atoms with Crippen molar-refractivity contribution in [2.75, 3.05) is 26.8 Å². The van der Waals surface area contributed by atoms with Gasteiger partial charge in [0.15, 0.2) is 5.84 Å². The lowest BCUT2D eigenvalue weighted by atomic mass is 9.85. The van der Waals surface area contributed by atoms with Gasteiger partial charge in [-0.2, -0.15) is 0 Å². The summed E-state index contributed by atoms with van der Waals surface area (Å²) < 4.78 is 21.2. The van der Waals surface area contributed by atoms with Crippen LogP contribution in [0.2, 0.25) is 0 Å². The Kier molecular flexibility index (Phi) is 5.83. The van der Waals surface area contributed by atoms with Crippen molar-refractivity contribution in [3.63, 3.8) is 0 Å². The van der Waals surface area contributed by atoms with Crippen molar-refractivity contribution in [3.05, 3.63) is 83.2 Å². The van der Waals surface area contributed by atoms with Crippen molar-refractivity contribution in [3.8, 4) is 11.4 Å². The monoisotopic (exact) mass is 461 g/mol. The van der Waals surface area contributed by atoms with E-state index < -0.39 is 5.54 Å². The number of aryl methyl sites for hydroxylation is 1. The van der Waals surface area contributed by atoms with Gasteiger partial charge in [0, 0.05) is 19.3 Å². The third kappa shape index (κ3) is 3.84. The summed E-state index contributed by atoms with van der Waals surface area (Å²) >= 11 is 0. The molecule has 1 saturated heterocycles. The first kappa shape index (κ1) is 22.2. The van der Waals surface area contributed by atoms with Gasteiger partial charge in [-0.3, -0.25) is 0 Å². The smallest absolute Gasteiger partial charge is 0.172 e. The fourth-order valence-electron chi connectivity index (χ4n) is 4.80. The Labute approximate surface area is 198 Å². The zero-order valence-electron chi connectivity index (χ0n) is 19.4. The molecule has 5 rings (SSSR count). The molecule has 1 aromatic heterocycles. The Hall–Kier alpha value is -3.65. The van der Waals surface area contributed by atoms with Crippen LogP contribution in [0.15, 0.2) is 65.7 Å². The summed E-state index contributed by atoms with van der Waals surface area (Å²) in [5.41, 5.74) is 10.6. The van der Waals surface area contributed by atoms with Gasteiger partial charge in [-0.1, -0.05) is 23.4 Å². The number of benzene rings is 2. The molecule has 3 aromatic rings. The fourth-order valence-corrected chi connectivity index (χ4v) is 4.80. The number of nitrogens with zero attached hydrogens (tertiary/aromatic N) is 4. The van der Waals surface area contributed by atoms with Gasteiger partial charge in [-0.15, -0.1) is 0 Å². The highest BCUT2D eigenvalue weighted by Crippen LogP contribution is 2.37. The number of piperidine rings is 1. The minimum Gasteiger partial charge on any atom is -0.495 e. The van der Waals surface area contributed by atoms with Crippen LogP contribution in [0.5, 0.6) is 5.75 Å². The zero-order valence-corrected chi connectivity index (χ0v) is 19.4. The van der Waals surface area contributed by atoms with Crippen molar-refractivity contribution in [1.82, 2.24) is 14.5 Å². The van der Waals surface area contributed by atoms with E-state index in [9.17, 15) is 4.39 Å². The molecule has 1 unspecified atom stereocenters. The summed E-state index contributed by atoms with van der Waals surface area (Å²) in [6, 6.07) is 12.6. The maximum absolute atomic E-state index is 13.6. The van der Waals surface area contributed by atoms with Gasteiger partial charge < -0.3 is 24.8 Å². The van der Waals surface area contributed by atoms with E-state index in [0.29, 0.717) is 13.2 Å². The predicted octanol–water partition coefficient (Wildman–Crippen LogP) is 4.01. The van der Waals surface area contributed by atoms with E-state index in [2.05, 4.69) is 27.2 Å². The van der Waals surface area contributed by atoms with E-state index in [0.717, 1.165) is 59.1 Å². The molecule has 2 aliphatic rings. The van der Waals surface area contributed by atoms with E-state index in [1.165, 1.54) is 12.1 Å². The van der Waals surface area contributed by atoms with E-state index in [1.807, 2.05) is 29.8 Å². The summed E-state index contributed by atoms with van der Waals surface area (Å²) in [6.45, 7) is 3.41. The number of imidazole rings is 1. The number of amidine groups is 1. The van der Waals surface area contributed by atoms with Crippen LogP contribution in [0.25, 0.3) is 11.8 Å². The Morgan fingerprint density at radius 2 is 2.06 bits per heavy atom. The van der Waals surface area contributed by atoms with Gasteiger partial charge in [0.2, 0.25) is 0 Å². The molecule has 1 fully saturated rings. The number of ether oxygens (including phenoxy) is 1. The maximum atomic E-state index is 13.6. The molecule has 0 spiro atoms. The first-order chi connectivity index (χ1) is 16.5. The second-order valence-electron chi connectivity index (χ2n) is 8.71. The Balaban J connectivity index is 1.50. The lowest BCUT2D eigenvalue weighted by Gasteiger charge is -2.49. The number of methoxy groups -OCH3 is 1. The first-order valence-corrected chi connectivity index (χ1v) is 11.4. The second kappa shape index (κ2) is 8.95. The van der Waals surface area contributed by atoms with Crippen LogP contribution in [-0.2, 0) is 10.4 Å². The summed E-state index contributed by atoms with van der Waals surface area (Å²) in [6.07, 6.45) is 7.69. The number of hydrogen-bond donors (Lipinski definition) is 1. The zero-order chi connectivity index (χ0) is 23.7. The number of aromatic nitrogens is 2. The van der Waals surface area contributed by atoms with Gasteiger partial charge in [0.05, 0.1) is 24.8 Å². The highest BCUT2D eigenvalue weighted by atomic mass is 19.1. The molecule has 8 heteroatoms. The number of rotatable bonds is 5. The minimum absolute atomic E-state index is 0.274. The molecule has 0 aliphatic carbocycles. The Bertz CT molecular complexity index is 1250.